The highest BCUT2D eigenvalue weighted by atomic mass is 16.2. The van der Waals surface area contributed by atoms with Gasteiger partial charge in [0.15, 0.2) is 0 Å². The van der Waals surface area contributed by atoms with Crippen LogP contribution in [0.3, 0.4) is 0 Å². The van der Waals surface area contributed by atoms with Crippen molar-refractivity contribution in [2.24, 2.45) is 0 Å². The number of anilines is 1. The Bertz CT molecular complexity index is 611. The minimum atomic E-state index is -0.228. The van der Waals surface area contributed by atoms with Crippen molar-refractivity contribution in [2.75, 3.05) is 18.0 Å². The lowest BCUT2D eigenvalue weighted by Crippen LogP contribution is -2.43. The summed E-state index contributed by atoms with van der Waals surface area (Å²) in [5, 5.41) is 0. The summed E-state index contributed by atoms with van der Waals surface area (Å²) < 4.78 is 0. The van der Waals surface area contributed by atoms with Gasteiger partial charge in [-0.05, 0) is 55.4 Å². The van der Waals surface area contributed by atoms with Gasteiger partial charge in [-0.25, -0.2) is 0 Å². The zero-order valence-corrected chi connectivity index (χ0v) is 12.2. The van der Waals surface area contributed by atoms with Gasteiger partial charge in [0.2, 0.25) is 11.8 Å². The molecule has 1 unspecified atom stereocenters. The van der Waals surface area contributed by atoms with E-state index < -0.39 is 0 Å². The number of hydrogen-bond acceptors (Lipinski definition) is 2. The van der Waals surface area contributed by atoms with Crippen molar-refractivity contribution in [3.05, 3.63) is 29.3 Å². The molecule has 110 valence electrons. The predicted octanol–water partition coefficient (Wildman–Crippen LogP) is 1.90. The van der Waals surface area contributed by atoms with E-state index in [1.807, 2.05) is 4.90 Å². The van der Waals surface area contributed by atoms with E-state index in [0.29, 0.717) is 13.0 Å². The van der Waals surface area contributed by atoms with Crippen LogP contribution in [0.25, 0.3) is 0 Å². The number of amides is 2. The number of hydrogen-bond donors (Lipinski definition) is 0. The Morgan fingerprint density at radius 1 is 0.952 bits per heavy atom. The molecule has 1 aliphatic carbocycles. The monoisotopic (exact) mass is 284 g/mol. The molecule has 4 rings (SSSR count). The van der Waals surface area contributed by atoms with E-state index in [2.05, 4.69) is 18.2 Å². The summed E-state index contributed by atoms with van der Waals surface area (Å²) in [5.74, 6) is 0.241. The molecule has 0 aromatic heterocycles. The first-order valence-corrected chi connectivity index (χ1v) is 7.97. The van der Waals surface area contributed by atoms with E-state index in [9.17, 15) is 9.59 Å². The van der Waals surface area contributed by atoms with Crippen molar-refractivity contribution in [1.82, 2.24) is 4.90 Å². The van der Waals surface area contributed by atoms with E-state index in [1.165, 1.54) is 17.5 Å². The summed E-state index contributed by atoms with van der Waals surface area (Å²) in [7, 11) is 0. The second kappa shape index (κ2) is 4.86. The van der Waals surface area contributed by atoms with Gasteiger partial charge in [0, 0.05) is 25.2 Å². The molecule has 4 heteroatoms. The lowest BCUT2D eigenvalue weighted by Gasteiger charge is -2.25. The van der Waals surface area contributed by atoms with Gasteiger partial charge in [-0.3, -0.25) is 9.59 Å². The molecular formula is C17H20N2O2. The molecule has 0 spiro atoms. The number of aryl methyl sites for hydroxylation is 2. The number of carbonyl (C=O) groups excluding carboxylic acids is 2. The molecule has 1 atom stereocenters. The number of rotatable bonds is 1. The standard InChI is InChI=1S/C17H20N2O2/c20-16-8-10-18(17(21)15-5-2-9-19(15)16)14-7-6-12-3-1-4-13(12)11-14/h6-7,11,15H,1-5,8-10H2. The largest absolute Gasteiger partial charge is 0.331 e. The van der Waals surface area contributed by atoms with Gasteiger partial charge in [-0.15, -0.1) is 0 Å². The normalized spacial score (nSPS) is 25.0. The lowest BCUT2D eigenvalue weighted by atomic mass is 10.1. The van der Waals surface area contributed by atoms with E-state index >= 15 is 0 Å². The summed E-state index contributed by atoms with van der Waals surface area (Å²) >= 11 is 0. The van der Waals surface area contributed by atoms with Gasteiger partial charge in [-0.2, -0.15) is 0 Å². The predicted molar refractivity (Wildman–Crippen MR) is 80.2 cm³/mol. The van der Waals surface area contributed by atoms with E-state index in [1.54, 1.807) is 4.90 Å². The van der Waals surface area contributed by atoms with Gasteiger partial charge in [-0.1, -0.05) is 6.07 Å². The Balaban J connectivity index is 1.67. The van der Waals surface area contributed by atoms with Crippen molar-refractivity contribution in [3.63, 3.8) is 0 Å². The van der Waals surface area contributed by atoms with E-state index in [0.717, 1.165) is 37.9 Å². The van der Waals surface area contributed by atoms with Crippen LogP contribution in [0.15, 0.2) is 18.2 Å². The number of fused-ring (bicyclic) bond motifs is 2. The maximum atomic E-state index is 12.8. The molecule has 2 amide bonds. The van der Waals surface area contributed by atoms with Gasteiger partial charge in [0.25, 0.3) is 0 Å². The molecule has 0 radical (unpaired) electrons. The van der Waals surface area contributed by atoms with Crippen LogP contribution >= 0.6 is 0 Å². The first-order valence-electron chi connectivity index (χ1n) is 7.97. The highest BCUT2D eigenvalue weighted by molar-refractivity contribution is 6.01. The lowest BCUT2D eigenvalue weighted by molar-refractivity contribution is -0.135. The maximum Gasteiger partial charge on any atom is 0.249 e. The van der Waals surface area contributed by atoms with Crippen molar-refractivity contribution in [2.45, 2.75) is 44.6 Å². The van der Waals surface area contributed by atoms with Crippen LogP contribution < -0.4 is 4.90 Å². The van der Waals surface area contributed by atoms with Gasteiger partial charge in [0.05, 0.1) is 0 Å². The Labute approximate surface area is 124 Å². The molecule has 3 aliphatic rings. The Hall–Kier alpha value is -1.84. The zero-order valence-electron chi connectivity index (χ0n) is 12.2. The molecule has 0 bridgehead atoms. The SMILES string of the molecule is O=C1C2CCCN2C(=O)CCN1c1ccc2c(c1)CCC2. The highest BCUT2D eigenvalue weighted by Gasteiger charge is 2.39. The molecule has 0 saturated carbocycles. The smallest absolute Gasteiger partial charge is 0.249 e. The first kappa shape index (κ1) is 12.9. The zero-order chi connectivity index (χ0) is 14.4. The van der Waals surface area contributed by atoms with Crippen molar-refractivity contribution in [1.29, 1.82) is 0 Å². The number of benzene rings is 1. The van der Waals surface area contributed by atoms with Crippen molar-refractivity contribution < 1.29 is 9.59 Å². The molecule has 2 saturated heterocycles. The second-order valence-corrected chi connectivity index (χ2v) is 6.29. The Morgan fingerprint density at radius 3 is 2.71 bits per heavy atom. The minimum absolute atomic E-state index is 0.108. The molecule has 2 fully saturated rings. The van der Waals surface area contributed by atoms with Crippen LogP contribution in [-0.2, 0) is 22.4 Å². The number of carbonyl (C=O) groups is 2. The fraction of sp³-hybridized carbons (Fsp3) is 0.529. The third kappa shape index (κ3) is 2.04. The van der Waals surface area contributed by atoms with Crippen LogP contribution in [0, 0.1) is 0 Å². The third-order valence-corrected chi connectivity index (χ3v) is 5.07. The van der Waals surface area contributed by atoms with Crippen LogP contribution in [0.2, 0.25) is 0 Å². The fourth-order valence-corrected chi connectivity index (χ4v) is 3.95. The van der Waals surface area contributed by atoms with E-state index in [4.69, 9.17) is 0 Å². The molecular weight excluding hydrogens is 264 g/mol. The summed E-state index contributed by atoms with van der Waals surface area (Å²) in [6, 6.07) is 6.14. The molecule has 1 aromatic rings. The second-order valence-electron chi connectivity index (χ2n) is 6.29. The Kier molecular flexibility index (Phi) is 2.98. The van der Waals surface area contributed by atoms with Gasteiger partial charge in [0.1, 0.15) is 6.04 Å². The topological polar surface area (TPSA) is 40.6 Å². The first-order chi connectivity index (χ1) is 10.2. The number of nitrogens with zero attached hydrogens (tertiary/aromatic N) is 2. The summed E-state index contributed by atoms with van der Waals surface area (Å²) in [4.78, 5) is 28.6. The van der Waals surface area contributed by atoms with Crippen LogP contribution in [-0.4, -0.2) is 35.8 Å². The Morgan fingerprint density at radius 2 is 1.81 bits per heavy atom. The van der Waals surface area contributed by atoms with E-state index in [-0.39, 0.29) is 17.9 Å². The molecule has 1 aromatic carbocycles. The summed E-state index contributed by atoms with van der Waals surface area (Å²) in [6.07, 6.45) is 5.67. The highest BCUT2D eigenvalue weighted by Crippen LogP contribution is 2.30. The van der Waals surface area contributed by atoms with Crippen LogP contribution in [0.5, 0.6) is 0 Å². The van der Waals surface area contributed by atoms with Gasteiger partial charge >= 0.3 is 0 Å². The van der Waals surface area contributed by atoms with Crippen LogP contribution in [0.4, 0.5) is 5.69 Å². The molecule has 2 aliphatic heterocycles. The average molecular weight is 284 g/mol. The van der Waals surface area contributed by atoms with Crippen molar-refractivity contribution in [3.8, 4) is 0 Å². The van der Waals surface area contributed by atoms with Crippen molar-refractivity contribution >= 4 is 17.5 Å². The summed E-state index contributed by atoms with van der Waals surface area (Å²) in [6.45, 7) is 1.26. The summed E-state index contributed by atoms with van der Waals surface area (Å²) in [5.41, 5.74) is 3.76. The molecule has 4 nitrogen and oxygen atoms in total. The van der Waals surface area contributed by atoms with Crippen LogP contribution in [0.1, 0.15) is 36.8 Å². The molecule has 2 heterocycles. The quantitative estimate of drug-likeness (QED) is 0.790. The fourth-order valence-electron chi connectivity index (χ4n) is 3.95. The molecule has 21 heavy (non-hydrogen) atoms. The molecule has 0 N–H and O–H groups in total. The third-order valence-electron chi connectivity index (χ3n) is 5.07. The minimum Gasteiger partial charge on any atom is -0.331 e. The van der Waals surface area contributed by atoms with Gasteiger partial charge < -0.3 is 9.80 Å². The maximum absolute atomic E-state index is 12.8. The average Bonchev–Trinajstić information content (AvgIpc) is 3.13.